The van der Waals surface area contributed by atoms with Crippen LogP contribution in [0.15, 0.2) is 0 Å². The predicted molar refractivity (Wildman–Crippen MR) is 55.2 cm³/mol. The molecule has 0 aliphatic carbocycles. The Morgan fingerprint density at radius 3 is 2.45 bits per heavy atom. The van der Waals surface area contributed by atoms with Gasteiger partial charge in [0.2, 0.25) is 10.4 Å². The van der Waals surface area contributed by atoms with Gasteiger partial charge in [0, 0.05) is 6.54 Å². The number of hydroxylamine groups is 2. The van der Waals surface area contributed by atoms with Crippen molar-refractivity contribution in [2.45, 2.75) is 29.8 Å². The van der Waals surface area contributed by atoms with Gasteiger partial charge in [-0.3, -0.25) is 0 Å². The molecule has 0 aromatic rings. The minimum Gasteiger partial charge on any atom is -0.724 e. The number of amides is 2. The van der Waals surface area contributed by atoms with Crippen LogP contribution in [0.5, 0.6) is 0 Å². The van der Waals surface area contributed by atoms with Crippen LogP contribution in [-0.4, -0.2) is 52.4 Å². The van der Waals surface area contributed by atoms with E-state index in [1.54, 1.807) is 0 Å². The van der Waals surface area contributed by atoms with E-state index in [0.717, 1.165) is 4.90 Å². The summed E-state index contributed by atoms with van der Waals surface area (Å²) in [5.41, 5.74) is -4.50. The van der Waals surface area contributed by atoms with Gasteiger partial charge in [0.05, 0.1) is 11.4 Å². The van der Waals surface area contributed by atoms with E-state index in [2.05, 4.69) is 4.28 Å². The van der Waals surface area contributed by atoms with Crippen LogP contribution in [0.25, 0.3) is 0 Å². The molecule has 2 saturated heterocycles. The number of halogens is 3. The summed E-state index contributed by atoms with van der Waals surface area (Å²) in [6, 6.07) is -1.76. The Morgan fingerprint density at radius 2 is 1.95 bits per heavy atom. The molecule has 20 heavy (non-hydrogen) atoms. The number of thioether (sulfide) groups is 1. The molecule has 2 bridgehead atoms. The Morgan fingerprint density at radius 1 is 1.35 bits per heavy atom. The van der Waals surface area contributed by atoms with Crippen molar-refractivity contribution < 1.29 is 64.8 Å². The molecule has 2 fully saturated rings. The summed E-state index contributed by atoms with van der Waals surface area (Å²) < 4.78 is 72.2. The average molecular weight is 344 g/mol. The van der Waals surface area contributed by atoms with E-state index in [-0.39, 0.29) is 60.7 Å². The van der Waals surface area contributed by atoms with Crippen molar-refractivity contribution in [3.05, 3.63) is 0 Å². The van der Waals surface area contributed by atoms with Crippen LogP contribution in [0, 0.1) is 0 Å². The first-order valence-electron chi connectivity index (χ1n) is 5.06. The van der Waals surface area contributed by atoms with Crippen molar-refractivity contribution in [3.63, 3.8) is 0 Å². The molecule has 110 valence electrons. The number of carbonyl (C=O) groups is 1. The number of carbonyl (C=O) groups excluding carboxylic acids is 1. The molecule has 7 nitrogen and oxygen atoms in total. The van der Waals surface area contributed by atoms with Gasteiger partial charge in [-0.15, -0.1) is 0 Å². The predicted octanol–water partition coefficient (Wildman–Crippen LogP) is -2.14. The minimum atomic E-state index is -5.13. The zero-order valence-electron chi connectivity index (χ0n) is 10.2. The third kappa shape index (κ3) is 4.39. The SMILES string of the molecule is O=C1N2C[C@H](CC[C@H]2SC(F)(F)F)N1OS(=O)(=O)[O-].[Na+]. The number of urea groups is 1. The number of piperidine rings is 1. The van der Waals surface area contributed by atoms with Crippen molar-refractivity contribution >= 4 is 28.2 Å². The second-order valence-electron chi connectivity index (χ2n) is 3.99. The summed E-state index contributed by atoms with van der Waals surface area (Å²) in [6.07, 6.45) is 0.171. The first kappa shape index (κ1) is 18.3. The van der Waals surface area contributed by atoms with Crippen LogP contribution in [-0.2, 0) is 14.7 Å². The van der Waals surface area contributed by atoms with Crippen molar-refractivity contribution in [1.82, 2.24) is 9.96 Å². The fourth-order valence-electron chi connectivity index (χ4n) is 2.07. The van der Waals surface area contributed by atoms with Gasteiger partial charge in [-0.25, -0.2) is 13.2 Å². The molecular formula is C7H8F3N2NaO5S2. The van der Waals surface area contributed by atoms with Gasteiger partial charge in [-0.1, -0.05) is 0 Å². The summed E-state index contributed by atoms with van der Waals surface area (Å²) in [5, 5.41) is -0.786. The molecule has 0 N–H and O–H groups in total. The summed E-state index contributed by atoms with van der Waals surface area (Å²) in [6.45, 7) is -0.0951. The zero-order valence-corrected chi connectivity index (χ0v) is 13.8. The molecule has 2 amide bonds. The molecule has 0 unspecified atom stereocenters. The zero-order chi connectivity index (χ0) is 14.4. The first-order chi connectivity index (χ1) is 8.57. The van der Waals surface area contributed by atoms with Crippen molar-refractivity contribution in [3.8, 4) is 0 Å². The van der Waals surface area contributed by atoms with E-state index in [9.17, 15) is 30.9 Å². The van der Waals surface area contributed by atoms with E-state index in [0.29, 0.717) is 5.06 Å². The van der Waals surface area contributed by atoms with Gasteiger partial charge in [-0.05, 0) is 24.6 Å². The maximum absolute atomic E-state index is 12.3. The Hall–Kier alpha value is 0.280. The molecular weight excluding hydrogens is 336 g/mol. The molecule has 0 spiro atoms. The van der Waals surface area contributed by atoms with Crippen LogP contribution in [0.1, 0.15) is 12.8 Å². The van der Waals surface area contributed by atoms with E-state index >= 15 is 0 Å². The molecule has 0 aromatic heterocycles. The summed E-state index contributed by atoms with van der Waals surface area (Å²) in [5.74, 6) is 0. The third-order valence-electron chi connectivity index (χ3n) is 2.71. The maximum atomic E-state index is 12.3. The summed E-state index contributed by atoms with van der Waals surface area (Å²) >= 11 is -0.344. The topological polar surface area (TPSA) is 90.0 Å². The van der Waals surface area contributed by atoms with Crippen LogP contribution in [0.2, 0.25) is 0 Å². The largest absolute Gasteiger partial charge is 1.00 e. The summed E-state index contributed by atoms with van der Waals surface area (Å²) in [4.78, 5) is 12.6. The van der Waals surface area contributed by atoms with Crippen LogP contribution in [0.3, 0.4) is 0 Å². The van der Waals surface area contributed by atoms with Crippen molar-refractivity contribution in [2.75, 3.05) is 6.54 Å². The molecule has 0 radical (unpaired) electrons. The Bertz CT molecular complexity index is 487. The second kappa shape index (κ2) is 6.18. The van der Waals surface area contributed by atoms with Gasteiger partial charge in [0.25, 0.3) is 0 Å². The van der Waals surface area contributed by atoms with Crippen molar-refractivity contribution in [1.29, 1.82) is 0 Å². The number of rotatable bonds is 3. The Balaban J connectivity index is 0.00000200. The molecule has 2 heterocycles. The van der Waals surface area contributed by atoms with E-state index in [4.69, 9.17) is 0 Å². The molecule has 2 aliphatic heterocycles. The molecule has 0 saturated carbocycles. The number of hydrogen-bond acceptors (Lipinski definition) is 6. The maximum Gasteiger partial charge on any atom is 1.00 e. The fraction of sp³-hybridized carbons (Fsp3) is 0.857. The van der Waals surface area contributed by atoms with E-state index in [1.807, 2.05) is 0 Å². The molecule has 13 heteroatoms. The van der Waals surface area contributed by atoms with Crippen LogP contribution < -0.4 is 29.6 Å². The smallest absolute Gasteiger partial charge is 0.724 e. The molecule has 2 aliphatic rings. The van der Waals surface area contributed by atoms with Crippen LogP contribution in [0.4, 0.5) is 18.0 Å². The number of alkyl halides is 3. The number of hydrogen-bond donors (Lipinski definition) is 0. The Labute approximate surface area is 139 Å². The van der Waals surface area contributed by atoms with Gasteiger partial charge in [-0.2, -0.15) is 22.5 Å². The molecule has 2 rings (SSSR count). The van der Waals surface area contributed by atoms with E-state index < -0.39 is 33.4 Å². The fourth-order valence-corrected chi connectivity index (χ4v) is 3.32. The quantitative estimate of drug-likeness (QED) is 0.330. The van der Waals surface area contributed by atoms with Gasteiger partial charge < -0.3 is 9.45 Å². The monoisotopic (exact) mass is 344 g/mol. The second-order valence-corrected chi connectivity index (χ2v) is 6.20. The minimum absolute atomic E-state index is 0. The number of fused-ring (bicyclic) bond motifs is 2. The standard InChI is InChI=1S/C7H9F3N2O5S2.Na/c8-7(9,10)18-5-2-1-4-3-11(5)6(13)12(4)17-19(14,15)16;/h4-5H,1-3H2,(H,14,15,16);/q;+1/p-1/t4-,5+;/m0./s1. The van der Waals surface area contributed by atoms with Gasteiger partial charge in [0.15, 0.2) is 0 Å². The Kier molecular flexibility index (Phi) is 5.67. The molecule has 0 aromatic carbocycles. The third-order valence-corrected chi connectivity index (χ3v) is 4.08. The molecule has 2 atom stereocenters. The van der Waals surface area contributed by atoms with E-state index in [1.165, 1.54) is 0 Å². The number of nitrogens with zero attached hydrogens (tertiary/aromatic N) is 2. The normalized spacial score (nSPS) is 26.7. The summed E-state index contributed by atoms with van der Waals surface area (Å²) in [7, 11) is -5.13. The van der Waals surface area contributed by atoms with Crippen LogP contribution >= 0.6 is 11.8 Å². The average Bonchev–Trinajstić information content (AvgIpc) is 2.44. The first-order valence-corrected chi connectivity index (χ1v) is 7.28. The van der Waals surface area contributed by atoms with Crippen molar-refractivity contribution in [2.24, 2.45) is 0 Å². The van der Waals surface area contributed by atoms with Gasteiger partial charge >= 0.3 is 41.1 Å². The van der Waals surface area contributed by atoms with Gasteiger partial charge in [0.1, 0.15) is 0 Å².